The van der Waals surface area contributed by atoms with Gasteiger partial charge in [0.05, 0.1) is 26.4 Å². The van der Waals surface area contributed by atoms with Crippen molar-refractivity contribution in [2.45, 2.75) is 88.3 Å². The van der Waals surface area contributed by atoms with Gasteiger partial charge in [-0.2, -0.15) is 0 Å². The molecule has 43 heavy (non-hydrogen) atoms. The lowest BCUT2D eigenvalue weighted by Gasteiger charge is -2.48. The van der Waals surface area contributed by atoms with Gasteiger partial charge in [-0.15, -0.1) is 0 Å². The zero-order valence-corrected chi connectivity index (χ0v) is 24.0. The molecule has 2 aliphatic rings. The highest BCUT2D eigenvalue weighted by Gasteiger charge is 2.52. The van der Waals surface area contributed by atoms with Crippen LogP contribution < -0.4 is 10.6 Å². The number of aliphatic hydroxyl groups is 4. The monoisotopic (exact) mass is 604 g/mol. The van der Waals surface area contributed by atoms with Gasteiger partial charge in [0.2, 0.25) is 11.8 Å². The Labute approximate surface area is 249 Å². The predicted octanol–water partition coefficient (Wildman–Crippen LogP) is -0.661. The quantitative estimate of drug-likeness (QED) is 0.181. The van der Waals surface area contributed by atoms with E-state index < -0.39 is 79.7 Å². The highest BCUT2D eigenvalue weighted by atomic mass is 16.7. The number of aliphatic hydroxyl groups excluding tert-OH is 4. The number of benzene rings is 2. The average Bonchev–Trinajstić information content (AvgIpc) is 2.99. The molecule has 6 N–H and O–H groups in total. The van der Waals surface area contributed by atoms with Crippen LogP contribution >= 0.6 is 0 Å². The number of nitrogens with one attached hydrogen (secondary N) is 2. The van der Waals surface area contributed by atoms with Crippen molar-refractivity contribution in [3.05, 3.63) is 71.8 Å². The second kappa shape index (κ2) is 15.7. The average molecular weight is 605 g/mol. The standard InChI is InChI=1S/C30H40N2O11/c1-17(34)31-23-26(37)25(36)21(13-33)41-30(23)43-28-22(16-39-14-19-9-5-3-6-10-19)42-29(24(27(28)38)32-18(2)35)40-15-20-11-7-4-8-12-20/h3-12,21-30,33,36-38H,13-16H2,1-2H3,(H,31,34)(H,32,35)/t21-,22-,23-,24-,25+,26-,27-,28+,29+,30+/m1/s1. The van der Waals surface area contributed by atoms with Crippen molar-refractivity contribution in [2.75, 3.05) is 13.2 Å². The summed E-state index contributed by atoms with van der Waals surface area (Å²) in [6.45, 7) is 2.11. The molecule has 2 aliphatic heterocycles. The van der Waals surface area contributed by atoms with Gasteiger partial charge in [-0.25, -0.2) is 0 Å². The van der Waals surface area contributed by atoms with Crippen molar-refractivity contribution in [1.29, 1.82) is 0 Å². The van der Waals surface area contributed by atoms with E-state index in [0.717, 1.165) is 11.1 Å². The van der Waals surface area contributed by atoms with Crippen LogP contribution in [0.4, 0.5) is 0 Å². The number of rotatable bonds is 12. The lowest BCUT2D eigenvalue weighted by Crippen LogP contribution is -2.69. The maximum absolute atomic E-state index is 12.2. The van der Waals surface area contributed by atoms with E-state index in [2.05, 4.69) is 10.6 Å². The smallest absolute Gasteiger partial charge is 0.217 e. The molecule has 10 atom stereocenters. The van der Waals surface area contributed by atoms with E-state index in [1.165, 1.54) is 13.8 Å². The highest BCUT2D eigenvalue weighted by Crippen LogP contribution is 2.30. The zero-order chi connectivity index (χ0) is 30.9. The fraction of sp³-hybridized carbons (Fsp3) is 0.533. The van der Waals surface area contributed by atoms with Crippen molar-refractivity contribution in [2.24, 2.45) is 0 Å². The van der Waals surface area contributed by atoms with Gasteiger partial charge in [0.1, 0.15) is 48.7 Å². The molecule has 2 heterocycles. The fourth-order valence-electron chi connectivity index (χ4n) is 5.11. The lowest BCUT2D eigenvalue weighted by atomic mass is 9.94. The largest absolute Gasteiger partial charge is 0.394 e. The zero-order valence-electron chi connectivity index (χ0n) is 24.0. The van der Waals surface area contributed by atoms with Crippen molar-refractivity contribution < 1.29 is 53.7 Å². The first-order chi connectivity index (χ1) is 20.7. The molecule has 4 rings (SSSR count). The Bertz CT molecular complexity index is 1160. The second-order valence-electron chi connectivity index (χ2n) is 10.6. The maximum atomic E-state index is 12.2. The van der Waals surface area contributed by atoms with E-state index in [0.29, 0.717) is 0 Å². The molecular weight excluding hydrogens is 564 g/mol. The van der Waals surface area contributed by atoms with Gasteiger partial charge in [-0.1, -0.05) is 60.7 Å². The predicted molar refractivity (Wildman–Crippen MR) is 150 cm³/mol. The van der Waals surface area contributed by atoms with Gasteiger partial charge < -0.3 is 54.7 Å². The lowest BCUT2D eigenvalue weighted by molar-refractivity contribution is -0.334. The molecule has 2 aromatic carbocycles. The number of ether oxygens (including phenoxy) is 5. The molecule has 2 amide bonds. The summed E-state index contributed by atoms with van der Waals surface area (Å²) in [5.74, 6) is -0.994. The molecule has 2 fully saturated rings. The molecule has 0 unspecified atom stereocenters. The number of carbonyl (C=O) groups excluding carboxylic acids is 2. The third kappa shape index (κ3) is 8.79. The van der Waals surface area contributed by atoms with Gasteiger partial charge in [-0.3, -0.25) is 9.59 Å². The Balaban J connectivity index is 1.59. The van der Waals surface area contributed by atoms with Crippen LogP contribution in [0.15, 0.2) is 60.7 Å². The summed E-state index contributed by atoms with van der Waals surface area (Å²) in [6.07, 6.45) is -10.5. The van der Waals surface area contributed by atoms with Crippen LogP contribution in [0.5, 0.6) is 0 Å². The van der Waals surface area contributed by atoms with Crippen LogP contribution in [-0.2, 0) is 46.5 Å². The summed E-state index contributed by atoms with van der Waals surface area (Å²) in [5, 5.41) is 47.7. The molecule has 0 radical (unpaired) electrons. The van der Waals surface area contributed by atoms with E-state index in [4.69, 9.17) is 23.7 Å². The van der Waals surface area contributed by atoms with E-state index in [1.54, 1.807) is 0 Å². The van der Waals surface area contributed by atoms with E-state index in [1.807, 2.05) is 60.7 Å². The molecule has 13 heteroatoms. The number of hydrogen-bond donors (Lipinski definition) is 6. The Morgan fingerprint density at radius 3 is 1.84 bits per heavy atom. The minimum Gasteiger partial charge on any atom is -0.394 e. The van der Waals surface area contributed by atoms with Crippen LogP contribution in [-0.4, -0.2) is 107 Å². The van der Waals surface area contributed by atoms with E-state index in [9.17, 15) is 30.0 Å². The highest BCUT2D eigenvalue weighted by molar-refractivity contribution is 5.73. The fourth-order valence-corrected chi connectivity index (χ4v) is 5.11. The first kappa shape index (κ1) is 32.9. The normalized spacial score (nSPS) is 32.6. The van der Waals surface area contributed by atoms with Gasteiger partial charge >= 0.3 is 0 Å². The van der Waals surface area contributed by atoms with Crippen LogP contribution in [0.3, 0.4) is 0 Å². The van der Waals surface area contributed by atoms with Crippen molar-refractivity contribution in [3.8, 4) is 0 Å². The van der Waals surface area contributed by atoms with Crippen LogP contribution in [0.2, 0.25) is 0 Å². The Morgan fingerprint density at radius 1 is 0.744 bits per heavy atom. The molecule has 2 aromatic rings. The summed E-state index contributed by atoms with van der Waals surface area (Å²) in [6, 6.07) is 16.3. The summed E-state index contributed by atoms with van der Waals surface area (Å²) >= 11 is 0. The van der Waals surface area contributed by atoms with Crippen LogP contribution in [0.1, 0.15) is 25.0 Å². The minimum atomic E-state index is -1.57. The van der Waals surface area contributed by atoms with E-state index >= 15 is 0 Å². The summed E-state index contributed by atoms with van der Waals surface area (Å²) < 4.78 is 30.1. The molecule has 0 aliphatic carbocycles. The van der Waals surface area contributed by atoms with Crippen LogP contribution in [0.25, 0.3) is 0 Å². The molecule has 0 aromatic heterocycles. The first-order valence-electron chi connectivity index (χ1n) is 14.1. The third-order valence-electron chi connectivity index (χ3n) is 7.24. The van der Waals surface area contributed by atoms with Crippen molar-refractivity contribution in [1.82, 2.24) is 10.6 Å². The molecule has 2 saturated heterocycles. The molecule has 236 valence electrons. The van der Waals surface area contributed by atoms with Gasteiger partial charge in [0, 0.05) is 13.8 Å². The van der Waals surface area contributed by atoms with E-state index in [-0.39, 0.29) is 19.8 Å². The van der Waals surface area contributed by atoms with Gasteiger partial charge in [-0.05, 0) is 11.1 Å². The van der Waals surface area contributed by atoms with Gasteiger partial charge in [0.15, 0.2) is 12.6 Å². The number of hydrogen-bond acceptors (Lipinski definition) is 11. The Morgan fingerprint density at radius 2 is 1.28 bits per heavy atom. The topological polar surface area (TPSA) is 185 Å². The second-order valence-corrected chi connectivity index (χ2v) is 10.6. The molecule has 13 nitrogen and oxygen atoms in total. The van der Waals surface area contributed by atoms with Crippen molar-refractivity contribution >= 4 is 11.8 Å². The molecule has 0 saturated carbocycles. The summed E-state index contributed by atoms with van der Waals surface area (Å²) in [4.78, 5) is 24.1. The number of carbonyl (C=O) groups is 2. The van der Waals surface area contributed by atoms with Crippen LogP contribution in [0, 0.1) is 0 Å². The summed E-state index contributed by atoms with van der Waals surface area (Å²) in [7, 11) is 0. The van der Waals surface area contributed by atoms with Crippen molar-refractivity contribution in [3.63, 3.8) is 0 Å². The van der Waals surface area contributed by atoms with Gasteiger partial charge in [0.25, 0.3) is 0 Å². The first-order valence-corrected chi connectivity index (χ1v) is 14.1. The third-order valence-corrected chi connectivity index (χ3v) is 7.24. The Kier molecular flexibility index (Phi) is 12.0. The SMILES string of the molecule is CC(=O)N[C@H]1[C@@H](OCc2ccccc2)O[C@H](COCc2ccccc2)[C@H](O[C@@H]2O[C@H](CO)[C@H](O)[C@H](O)[C@H]2NC(C)=O)[C@@H]1O. The number of amides is 2. The Hall–Kier alpha value is -2.98. The maximum Gasteiger partial charge on any atom is 0.217 e. The minimum absolute atomic E-state index is 0.0826. The molecular formula is C30H40N2O11. The molecule has 0 bridgehead atoms. The molecule has 0 spiro atoms. The summed E-state index contributed by atoms with van der Waals surface area (Å²) in [5.41, 5.74) is 1.74.